The minimum atomic E-state index is -0.468. The smallest absolute Gasteiger partial charge is 0.280 e. The van der Waals surface area contributed by atoms with Crippen LogP contribution >= 0.6 is 0 Å². The molecule has 1 aromatic carbocycles. The summed E-state index contributed by atoms with van der Waals surface area (Å²) >= 11 is 0. The predicted octanol–water partition coefficient (Wildman–Crippen LogP) is 2.91. The molecule has 0 N–H and O–H groups in total. The van der Waals surface area contributed by atoms with E-state index in [1.54, 1.807) is 24.3 Å². The molecule has 0 radical (unpaired) electrons. The van der Waals surface area contributed by atoms with Crippen LogP contribution in [0.2, 0.25) is 0 Å². The van der Waals surface area contributed by atoms with Crippen LogP contribution in [-0.4, -0.2) is 35.6 Å². The summed E-state index contributed by atoms with van der Waals surface area (Å²) in [5.74, 6) is 0.822. The van der Waals surface area contributed by atoms with E-state index in [1.165, 1.54) is 18.6 Å². The molecule has 126 valence electrons. The number of amides is 1. The van der Waals surface area contributed by atoms with Gasteiger partial charge < -0.3 is 14.4 Å². The summed E-state index contributed by atoms with van der Waals surface area (Å²) in [6.07, 6.45) is 9.54. The third-order valence-corrected chi connectivity index (χ3v) is 4.01. The van der Waals surface area contributed by atoms with Crippen molar-refractivity contribution in [2.45, 2.75) is 19.3 Å². The zero-order chi connectivity index (χ0) is 16.9. The van der Waals surface area contributed by atoms with Gasteiger partial charge in [-0.05, 0) is 31.4 Å². The lowest BCUT2D eigenvalue weighted by Gasteiger charge is -2.25. The molecule has 2 aliphatic heterocycles. The lowest BCUT2D eigenvalue weighted by atomic mass is 10.1. The maximum atomic E-state index is 12.0. The van der Waals surface area contributed by atoms with E-state index in [0.717, 1.165) is 25.9 Å². The number of benzene rings is 1. The molecule has 0 aliphatic carbocycles. The molecular formula is C17H18N2O5. The number of allylic oxidation sites excluding steroid dienone is 2. The van der Waals surface area contributed by atoms with Crippen molar-refractivity contribution in [3.63, 3.8) is 0 Å². The van der Waals surface area contributed by atoms with Crippen LogP contribution in [0.5, 0.6) is 11.5 Å². The lowest BCUT2D eigenvalue weighted by Crippen LogP contribution is -2.34. The van der Waals surface area contributed by atoms with E-state index in [0.29, 0.717) is 17.1 Å². The van der Waals surface area contributed by atoms with E-state index in [2.05, 4.69) is 0 Å². The van der Waals surface area contributed by atoms with Crippen LogP contribution in [0.15, 0.2) is 30.4 Å². The Morgan fingerprint density at radius 2 is 1.83 bits per heavy atom. The van der Waals surface area contributed by atoms with Gasteiger partial charge in [0.25, 0.3) is 5.69 Å². The largest absolute Gasteiger partial charge is 0.454 e. The Hall–Kier alpha value is -2.83. The Kier molecular flexibility index (Phi) is 4.79. The first kappa shape index (κ1) is 16.0. The van der Waals surface area contributed by atoms with E-state index in [1.807, 2.05) is 4.90 Å². The molecule has 1 saturated heterocycles. The second kappa shape index (κ2) is 7.16. The third-order valence-electron chi connectivity index (χ3n) is 4.01. The van der Waals surface area contributed by atoms with Gasteiger partial charge >= 0.3 is 0 Å². The fraction of sp³-hybridized carbons (Fsp3) is 0.353. The van der Waals surface area contributed by atoms with Crippen molar-refractivity contribution >= 4 is 17.7 Å². The fourth-order valence-corrected chi connectivity index (χ4v) is 2.76. The maximum absolute atomic E-state index is 12.0. The van der Waals surface area contributed by atoms with Gasteiger partial charge in [0.15, 0.2) is 11.5 Å². The fourth-order valence-electron chi connectivity index (χ4n) is 2.76. The van der Waals surface area contributed by atoms with Gasteiger partial charge in [0.1, 0.15) is 0 Å². The minimum Gasteiger partial charge on any atom is -0.454 e. The van der Waals surface area contributed by atoms with Crippen LogP contribution in [0.3, 0.4) is 0 Å². The molecule has 2 aliphatic rings. The van der Waals surface area contributed by atoms with Gasteiger partial charge in [0.2, 0.25) is 12.7 Å². The molecular weight excluding hydrogens is 312 g/mol. The Bertz CT molecular complexity index is 705. The molecule has 7 nitrogen and oxygen atoms in total. The predicted molar refractivity (Wildman–Crippen MR) is 87.8 cm³/mol. The van der Waals surface area contributed by atoms with Gasteiger partial charge in [-0.1, -0.05) is 12.2 Å². The van der Waals surface area contributed by atoms with E-state index in [4.69, 9.17) is 9.47 Å². The number of fused-ring (bicyclic) bond motifs is 1. The summed E-state index contributed by atoms with van der Waals surface area (Å²) in [5, 5.41) is 11.2. The average Bonchev–Trinajstić information content (AvgIpc) is 3.05. The molecule has 7 heteroatoms. The topological polar surface area (TPSA) is 81.9 Å². The number of ether oxygens (including phenoxy) is 2. The monoisotopic (exact) mass is 330 g/mol. The molecule has 0 spiro atoms. The van der Waals surface area contributed by atoms with Crippen molar-refractivity contribution in [3.05, 3.63) is 46.0 Å². The molecule has 2 heterocycles. The summed E-state index contributed by atoms with van der Waals surface area (Å²) in [6.45, 7) is 1.64. The first-order chi connectivity index (χ1) is 11.6. The number of carbonyl (C=O) groups excluding carboxylic acids is 1. The van der Waals surface area contributed by atoms with E-state index in [9.17, 15) is 14.9 Å². The highest BCUT2D eigenvalue weighted by Gasteiger charge is 2.21. The quantitative estimate of drug-likeness (QED) is 0.367. The number of likely N-dealkylation sites (tertiary alicyclic amines) is 1. The van der Waals surface area contributed by atoms with Crippen LogP contribution in [0.25, 0.3) is 6.08 Å². The molecule has 1 fully saturated rings. The standard InChI is InChI=1S/C17H18N2O5/c20-17(18-8-4-1-5-9-18)7-3-2-6-13-10-15-16(24-12-23-15)11-14(13)19(21)22/h2-3,6-7,10-11H,1,4-5,8-9,12H2/b6-2+,7-3+. The SMILES string of the molecule is O=C(/C=C/C=C/c1cc2c(cc1[N+](=O)[O-])OCO2)N1CCCCC1. The minimum absolute atomic E-state index is 0.0282. The van der Waals surface area contributed by atoms with E-state index < -0.39 is 4.92 Å². The molecule has 0 atom stereocenters. The third kappa shape index (κ3) is 3.56. The van der Waals surface area contributed by atoms with Gasteiger partial charge in [0, 0.05) is 19.2 Å². The molecule has 24 heavy (non-hydrogen) atoms. The summed E-state index contributed by atoms with van der Waals surface area (Å²) in [4.78, 5) is 24.5. The van der Waals surface area contributed by atoms with E-state index in [-0.39, 0.29) is 18.4 Å². The molecule has 0 unspecified atom stereocenters. The number of hydrogen-bond acceptors (Lipinski definition) is 5. The highest BCUT2D eigenvalue weighted by Crippen LogP contribution is 2.38. The first-order valence-electron chi connectivity index (χ1n) is 7.87. The number of nitro groups is 1. The number of piperidine rings is 1. The number of nitrogens with zero attached hydrogens (tertiary/aromatic N) is 2. The second-order valence-corrected chi connectivity index (χ2v) is 5.63. The lowest BCUT2D eigenvalue weighted by molar-refractivity contribution is -0.385. The highest BCUT2D eigenvalue weighted by molar-refractivity contribution is 5.88. The molecule has 3 rings (SSSR count). The van der Waals surface area contributed by atoms with Gasteiger partial charge in [-0.2, -0.15) is 0 Å². The van der Waals surface area contributed by atoms with Gasteiger partial charge in [-0.15, -0.1) is 0 Å². The summed E-state index contributed by atoms with van der Waals surface area (Å²) < 4.78 is 10.4. The van der Waals surface area contributed by atoms with Crippen LogP contribution in [-0.2, 0) is 4.79 Å². The first-order valence-corrected chi connectivity index (χ1v) is 7.87. The van der Waals surface area contributed by atoms with Crippen molar-refractivity contribution in [1.29, 1.82) is 0 Å². The molecule has 0 bridgehead atoms. The highest BCUT2D eigenvalue weighted by atomic mass is 16.7. The normalized spacial score (nSPS) is 16.9. The zero-order valence-corrected chi connectivity index (χ0v) is 13.1. The number of hydrogen-bond donors (Lipinski definition) is 0. The van der Waals surface area contributed by atoms with Gasteiger partial charge in [0.05, 0.1) is 16.6 Å². The van der Waals surface area contributed by atoms with Crippen molar-refractivity contribution in [3.8, 4) is 11.5 Å². The van der Waals surface area contributed by atoms with Crippen molar-refractivity contribution in [1.82, 2.24) is 4.90 Å². The average molecular weight is 330 g/mol. The summed E-state index contributed by atoms with van der Waals surface area (Å²) in [7, 11) is 0. The van der Waals surface area contributed by atoms with E-state index >= 15 is 0 Å². The van der Waals surface area contributed by atoms with Gasteiger partial charge in [-0.3, -0.25) is 14.9 Å². The molecule has 0 saturated carbocycles. The van der Waals surface area contributed by atoms with Crippen LogP contribution in [0.4, 0.5) is 5.69 Å². The Morgan fingerprint density at radius 3 is 2.54 bits per heavy atom. The molecule has 1 aromatic rings. The number of nitro benzene ring substituents is 1. The Morgan fingerprint density at radius 1 is 1.12 bits per heavy atom. The molecule has 1 amide bonds. The van der Waals surface area contributed by atoms with Crippen molar-refractivity contribution in [2.24, 2.45) is 0 Å². The molecule has 0 aromatic heterocycles. The summed E-state index contributed by atoms with van der Waals surface area (Å²) in [5.41, 5.74) is 0.338. The summed E-state index contributed by atoms with van der Waals surface area (Å²) in [6, 6.07) is 2.92. The van der Waals surface area contributed by atoms with Crippen LogP contribution in [0, 0.1) is 10.1 Å². The second-order valence-electron chi connectivity index (χ2n) is 5.63. The zero-order valence-electron chi connectivity index (χ0n) is 13.1. The van der Waals surface area contributed by atoms with Crippen molar-refractivity contribution in [2.75, 3.05) is 19.9 Å². The van der Waals surface area contributed by atoms with Crippen LogP contribution < -0.4 is 9.47 Å². The Balaban J connectivity index is 1.70. The van der Waals surface area contributed by atoms with Crippen LogP contribution in [0.1, 0.15) is 24.8 Å². The maximum Gasteiger partial charge on any atom is 0.280 e. The van der Waals surface area contributed by atoms with Crippen molar-refractivity contribution < 1.29 is 19.2 Å². The Labute approximate surface area is 139 Å². The number of rotatable bonds is 4. The number of carbonyl (C=O) groups is 1. The van der Waals surface area contributed by atoms with Gasteiger partial charge in [-0.25, -0.2) is 0 Å².